The lowest BCUT2D eigenvalue weighted by Crippen LogP contribution is -2.41. The summed E-state index contributed by atoms with van der Waals surface area (Å²) in [6.07, 6.45) is 6.43. The summed E-state index contributed by atoms with van der Waals surface area (Å²) in [7, 11) is 0. The van der Waals surface area contributed by atoms with Crippen LogP contribution in [0.4, 0.5) is 0 Å². The average Bonchev–Trinajstić information content (AvgIpc) is 3.35. The van der Waals surface area contributed by atoms with Gasteiger partial charge in [-0.2, -0.15) is 0 Å². The Labute approximate surface area is 166 Å². The molecule has 1 N–H and O–H groups in total. The van der Waals surface area contributed by atoms with Crippen molar-refractivity contribution in [2.45, 2.75) is 31.2 Å². The summed E-state index contributed by atoms with van der Waals surface area (Å²) < 4.78 is 5.91. The smallest absolute Gasteiger partial charge is 0.254 e. The highest BCUT2D eigenvalue weighted by Gasteiger charge is 2.35. The Morgan fingerprint density at radius 1 is 1.17 bits per heavy atom. The van der Waals surface area contributed by atoms with E-state index in [0.29, 0.717) is 23.6 Å². The molecule has 0 saturated heterocycles. The lowest BCUT2D eigenvalue weighted by atomic mass is 9.98. The predicted octanol–water partition coefficient (Wildman–Crippen LogP) is 3.61. The van der Waals surface area contributed by atoms with Crippen molar-refractivity contribution >= 4 is 17.0 Å². The molecular formula is C22H19N5O2. The number of hydrogen-bond acceptors (Lipinski definition) is 5. The Morgan fingerprint density at radius 3 is 2.93 bits per heavy atom. The van der Waals surface area contributed by atoms with Gasteiger partial charge in [-0.1, -0.05) is 6.07 Å². The molecule has 4 aromatic rings. The number of aromatic amines is 1. The molecule has 0 spiro atoms. The van der Waals surface area contributed by atoms with Crippen LogP contribution in [0.2, 0.25) is 0 Å². The fourth-order valence-electron chi connectivity index (χ4n) is 4.08. The van der Waals surface area contributed by atoms with Crippen LogP contribution in [0.5, 0.6) is 0 Å². The van der Waals surface area contributed by atoms with Crippen molar-refractivity contribution in [2.75, 3.05) is 6.54 Å². The summed E-state index contributed by atoms with van der Waals surface area (Å²) >= 11 is 0. The van der Waals surface area contributed by atoms with Crippen molar-refractivity contribution in [1.29, 1.82) is 0 Å². The molecule has 4 heterocycles. The first-order chi connectivity index (χ1) is 14.3. The molecule has 1 atom stereocenters. The second-order valence-electron chi connectivity index (χ2n) is 7.68. The SMILES string of the molecule is O=C(c1ccc2nc(C3CC3)oc2c1)N1CCc2[nH]cnc2[C@H]1c1ccccn1. The molecule has 29 heavy (non-hydrogen) atoms. The van der Waals surface area contributed by atoms with E-state index in [4.69, 9.17) is 4.42 Å². The number of oxazole rings is 1. The molecule has 1 amide bonds. The van der Waals surface area contributed by atoms with Crippen molar-refractivity contribution < 1.29 is 9.21 Å². The Hall–Kier alpha value is -3.48. The van der Waals surface area contributed by atoms with E-state index in [1.54, 1.807) is 12.5 Å². The van der Waals surface area contributed by atoms with E-state index >= 15 is 0 Å². The number of carbonyl (C=O) groups is 1. The minimum atomic E-state index is -0.314. The number of benzene rings is 1. The van der Waals surface area contributed by atoms with Crippen LogP contribution in [0.3, 0.4) is 0 Å². The summed E-state index contributed by atoms with van der Waals surface area (Å²) in [4.78, 5) is 32.1. The van der Waals surface area contributed by atoms with E-state index in [-0.39, 0.29) is 11.9 Å². The van der Waals surface area contributed by atoms with Gasteiger partial charge in [-0.05, 0) is 43.2 Å². The van der Waals surface area contributed by atoms with Crippen molar-refractivity contribution in [3.63, 3.8) is 0 Å². The highest BCUT2D eigenvalue weighted by atomic mass is 16.3. The van der Waals surface area contributed by atoms with Crippen LogP contribution in [0.15, 0.2) is 53.3 Å². The largest absolute Gasteiger partial charge is 0.440 e. The highest BCUT2D eigenvalue weighted by molar-refractivity contribution is 5.97. The Kier molecular flexibility index (Phi) is 3.56. The maximum absolute atomic E-state index is 13.5. The van der Waals surface area contributed by atoms with Crippen LogP contribution < -0.4 is 0 Å². The van der Waals surface area contributed by atoms with E-state index in [9.17, 15) is 4.79 Å². The second-order valence-corrected chi connectivity index (χ2v) is 7.68. The summed E-state index contributed by atoms with van der Waals surface area (Å²) in [5, 5.41) is 0. The monoisotopic (exact) mass is 385 g/mol. The van der Waals surface area contributed by atoms with Crippen molar-refractivity contribution in [3.05, 3.63) is 77.5 Å². The van der Waals surface area contributed by atoms with E-state index in [1.165, 1.54) is 0 Å². The minimum absolute atomic E-state index is 0.0550. The second kappa shape index (κ2) is 6.27. The number of nitrogens with zero attached hydrogens (tertiary/aromatic N) is 4. The lowest BCUT2D eigenvalue weighted by Gasteiger charge is -2.34. The number of rotatable bonds is 3. The maximum Gasteiger partial charge on any atom is 0.254 e. The summed E-state index contributed by atoms with van der Waals surface area (Å²) in [6.45, 7) is 0.594. The fraction of sp³-hybridized carbons (Fsp3) is 0.273. The summed E-state index contributed by atoms with van der Waals surface area (Å²) in [5.74, 6) is 1.17. The number of imidazole rings is 1. The molecule has 0 unspecified atom stereocenters. The van der Waals surface area contributed by atoms with Crippen molar-refractivity contribution in [2.24, 2.45) is 0 Å². The average molecular weight is 385 g/mol. The highest BCUT2D eigenvalue weighted by Crippen LogP contribution is 2.40. The zero-order valence-electron chi connectivity index (χ0n) is 15.7. The standard InChI is InChI=1S/C22H19N5O2/c28-22(14-6-7-15-18(11-14)29-21(26-15)13-4-5-13)27-10-8-16-19(25-12-24-16)20(27)17-3-1-2-9-23-17/h1-3,6-7,9,11-13,20H,4-5,8,10H2,(H,24,25)/t20-/m1/s1. The number of aromatic nitrogens is 4. The zero-order chi connectivity index (χ0) is 19.4. The Bertz CT molecular complexity index is 1210. The number of H-pyrrole nitrogens is 1. The molecule has 1 aromatic carbocycles. The summed E-state index contributed by atoms with van der Waals surface area (Å²) in [5.41, 5.74) is 4.80. The zero-order valence-corrected chi connectivity index (χ0v) is 15.7. The van der Waals surface area contributed by atoms with Gasteiger partial charge in [-0.3, -0.25) is 9.78 Å². The number of nitrogens with one attached hydrogen (secondary N) is 1. The Balaban J connectivity index is 1.39. The van der Waals surface area contributed by atoms with Gasteiger partial charge < -0.3 is 14.3 Å². The molecule has 2 aliphatic rings. The molecule has 1 aliphatic heterocycles. The fourth-order valence-corrected chi connectivity index (χ4v) is 4.08. The molecule has 0 bridgehead atoms. The molecule has 7 nitrogen and oxygen atoms in total. The topological polar surface area (TPSA) is 87.9 Å². The minimum Gasteiger partial charge on any atom is -0.440 e. The third-order valence-electron chi connectivity index (χ3n) is 5.73. The third kappa shape index (κ3) is 2.73. The number of carbonyl (C=O) groups excluding carboxylic acids is 1. The van der Waals surface area contributed by atoms with Crippen LogP contribution >= 0.6 is 0 Å². The van der Waals surface area contributed by atoms with Gasteiger partial charge in [0.15, 0.2) is 11.5 Å². The molecule has 1 saturated carbocycles. The van der Waals surface area contributed by atoms with Gasteiger partial charge in [-0.15, -0.1) is 0 Å². The van der Waals surface area contributed by atoms with Crippen LogP contribution in [-0.2, 0) is 6.42 Å². The van der Waals surface area contributed by atoms with Crippen LogP contribution in [0.1, 0.15) is 58.1 Å². The van der Waals surface area contributed by atoms with Crippen molar-refractivity contribution in [1.82, 2.24) is 24.8 Å². The van der Waals surface area contributed by atoms with Gasteiger partial charge in [0.2, 0.25) is 0 Å². The predicted molar refractivity (Wildman–Crippen MR) is 105 cm³/mol. The van der Waals surface area contributed by atoms with Crippen LogP contribution in [-0.4, -0.2) is 37.3 Å². The van der Waals surface area contributed by atoms with Crippen LogP contribution in [0.25, 0.3) is 11.1 Å². The lowest BCUT2D eigenvalue weighted by molar-refractivity contribution is 0.0687. The number of hydrogen-bond donors (Lipinski definition) is 1. The first-order valence-electron chi connectivity index (χ1n) is 9.92. The van der Waals surface area contributed by atoms with E-state index < -0.39 is 0 Å². The third-order valence-corrected chi connectivity index (χ3v) is 5.73. The van der Waals surface area contributed by atoms with Gasteiger partial charge in [0, 0.05) is 36.3 Å². The number of amides is 1. The maximum atomic E-state index is 13.5. The van der Waals surface area contributed by atoms with Gasteiger partial charge in [0.1, 0.15) is 11.6 Å². The molecule has 3 aromatic heterocycles. The molecule has 1 aliphatic carbocycles. The molecule has 1 fully saturated rings. The molecular weight excluding hydrogens is 366 g/mol. The normalized spacial score (nSPS) is 18.8. The van der Waals surface area contributed by atoms with Gasteiger partial charge in [0.25, 0.3) is 5.91 Å². The van der Waals surface area contributed by atoms with Gasteiger partial charge in [0.05, 0.1) is 17.7 Å². The number of pyridine rings is 1. The molecule has 0 radical (unpaired) electrons. The van der Waals surface area contributed by atoms with Crippen LogP contribution in [0, 0.1) is 0 Å². The van der Waals surface area contributed by atoms with E-state index in [2.05, 4.69) is 19.9 Å². The molecule has 7 heteroatoms. The van der Waals surface area contributed by atoms with Gasteiger partial charge >= 0.3 is 0 Å². The molecule has 144 valence electrons. The number of fused-ring (bicyclic) bond motifs is 2. The first-order valence-corrected chi connectivity index (χ1v) is 9.92. The van der Waals surface area contributed by atoms with E-state index in [0.717, 1.165) is 47.8 Å². The summed E-state index contributed by atoms with van der Waals surface area (Å²) in [6, 6.07) is 11.0. The Morgan fingerprint density at radius 2 is 2.10 bits per heavy atom. The first kappa shape index (κ1) is 16.5. The van der Waals surface area contributed by atoms with Crippen molar-refractivity contribution in [3.8, 4) is 0 Å². The quantitative estimate of drug-likeness (QED) is 0.582. The van der Waals surface area contributed by atoms with E-state index in [1.807, 2.05) is 41.3 Å². The molecule has 6 rings (SSSR count). The van der Waals surface area contributed by atoms with Gasteiger partial charge in [-0.25, -0.2) is 9.97 Å².